The minimum Gasteiger partial charge on any atom is -0.334 e. The summed E-state index contributed by atoms with van der Waals surface area (Å²) in [5.74, 6) is 0.167. The van der Waals surface area contributed by atoms with Gasteiger partial charge in [-0.15, -0.1) is 13.2 Å². The number of nitrogens with one attached hydrogen (secondary N) is 1. The Balaban J connectivity index is 2.57. The van der Waals surface area contributed by atoms with Gasteiger partial charge in [-0.3, -0.25) is 9.69 Å². The standard InChI is InChI=1S/C15H27N3O/c1-4-9-17(10-5-2)15(19)13-18(11-6-3)14-7-8-16-12-14/h4-5,14,16H,1-2,6-13H2,3H3. The first-order valence-corrected chi connectivity index (χ1v) is 7.17. The molecule has 4 nitrogen and oxygen atoms in total. The summed E-state index contributed by atoms with van der Waals surface area (Å²) >= 11 is 0. The van der Waals surface area contributed by atoms with Gasteiger partial charge in [0.15, 0.2) is 0 Å². The molecule has 1 aliphatic heterocycles. The summed E-state index contributed by atoms with van der Waals surface area (Å²) in [6.45, 7) is 14.3. The molecule has 1 atom stereocenters. The molecular weight excluding hydrogens is 238 g/mol. The van der Waals surface area contributed by atoms with Crippen LogP contribution >= 0.6 is 0 Å². The van der Waals surface area contributed by atoms with Crippen molar-refractivity contribution in [2.75, 3.05) is 39.3 Å². The van der Waals surface area contributed by atoms with Gasteiger partial charge in [-0.25, -0.2) is 0 Å². The highest BCUT2D eigenvalue weighted by atomic mass is 16.2. The monoisotopic (exact) mass is 265 g/mol. The maximum Gasteiger partial charge on any atom is 0.237 e. The maximum atomic E-state index is 12.3. The highest BCUT2D eigenvalue weighted by Crippen LogP contribution is 2.09. The Labute approximate surface area is 117 Å². The molecule has 108 valence electrons. The molecule has 1 fully saturated rings. The van der Waals surface area contributed by atoms with Gasteiger partial charge in [0.05, 0.1) is 6.54 Å². The number of hydrogen-bond acceptors (Lipinski definition) is 3. The van der Waals surface area contributed by atoms with Gasteiger partial charge in [-0.1, -0.05) is 19.1 Å². The maximum absolute atomic E-state index is 12.3. The molecule has 1 saturated heterocycles. The van der Waals surface area contributed by atoms with Crippen LogP contribution in [0.4, 0.5) is 0 Å². The van der Waals surface area contributed by atoms with E-state index in [4.69, 9.17) is 0 Å². The lowest BCUT2D eigenvalue weighted by atomic mass is 10.2. The number of nitrogens with zero attached hydrogens (tertiary/aromatic N) is 2. The Morgan fingerprint density at radius 3 is 2.53 bits per heavy atom. The molecule has 0 saturated carbocycles. The third kappa shape index (κ3) is 5.17. The third-order valence-corrected chi connectivity index (χ3v) is 3.45. The Morgan fingerprint density at radius 2 is 2.05 bits per heavy atom. The van der Waals surface area contributed by atoms with E-state index in [9.17, 15) is 4.79 Å². The number of hydrogen-bond donors (Lipinski definition) is 1. The van der Waals surface area contributed by atoms with E-state index in [0.29, 0.717) is 25.7 Å². The van der Waals surface area contributed by atoms with Gasteiger partial charge in [0.2, 0.25) is 5.91 Å². The van der Waals surface area contributed by atoms with Crippen LogP contribution in [0.25, 0.3) is 0 Å². The molecule has 0 bridgehead atoms. The van der Waals surface area contributed by atoms with Crippen LogP contribution in [-0.2, 0) is 4.79 Å². The lowest BCUT2D eigenvalue weighted by Gasteiger charge is -2.30. The Bertz CT molecular complexity index is 288. The van der Waals surface area contributed by atoms with E-state index in [1.54, 1.807) is 17.1 Å². The van der Waals surface area contributed by atoms with E-state index < -0.39 is 0 Å². The SMILES string of the molecule is C=CCN(CC=C)C(=O)CN(CCC)C1CCNC1. The molecule has 1 rings (SSSR count). The molecule has 0 spiro atoms. The number of amides is 1. The lowest BCUT2D eigenvalue weighted by Crippen LogP contribution is -2.45. The Kier molecular flexibility index (Phi) is 7.45. The molecule has 1 N–H and O–H groups in total. The predicted octanol–water partition coefficient (Wildman–Crippen LogP) is 1.26. The second-order valence-corrected chi connectivity index (χ2v) is 4.99. The van der Waals surface area contributed by atoms with Crippen molar-refractivity contribution in [3.63, 3.8) is 0 Å². The van der Waals surface area contributed by atoms with Gasteiger partial charge in [0.25, 0.3) is 0 Å². The molecule has 4 heteroatoms. The molecule has 19 heavy (non-hydrogen) atoms. The van der Waals surface area contributed by atoms with E-state index in [2.05, 4.69) is 30.3 Å². The minimum absolute atomic E-state index is 0.167. The van der Waals surface area contributed by atoms with Gasteiger partial charge >= 0.3 is 0 Å². The highest BCUT2D eigenvalue weighted by molar-refractivity contribution is 5.78. The van der Waals surface area contributed by atoms with E-state index in [-0.39, 0.29) is 5.91 Å². The highest BCUT2D eigenvalue weighted by Gasteiger charge is 2.24. The normalized spacial score (nSPS) is 18.5. The second-order valence-electron chi connectivity index (χ2n) is 4.99. The van der Waals surface area contributed by atoms with E-state index in [1.165, 1.54) is 0 Å². The molecule has 1 aliphatic rings. The van der Waals surface area contributed by atoms with Gasteiger partial charge in [0.1, 0.15) is 0 Å². The molecular formula is C15H27N3O. The van der Waals surface area contributed by atoms with Gasteiger partial charge < -0.3 is 10.2 Å². The summed E-state index contributed by atoms with van der Waals surface area (Å²) in [4.78, 5) is 16.4. The summed E-state index contributed by atoms with van der Waals surface area (Å²) in [5, 5.41) is 3.37. The van der Waals surface area contributed by atoms with Gasteiger partial charge in [-0.2, -0.15) is 0 Å². The van der Waals surface area contributed by atoms with Crippen molar-refractivity contribution in [3.05, 3.63) is 25.3 Å². The fourth-order valence-corrected chi connectivity index (χ4v) is 2.49. The summed E-state index contributed by atoms with van der Waals surface area (Å²) in [7, 11) is 0. The van der Waals surface area contributed by atoms with Crippen LogP contribution in [0.1, 0.15) is 19.8 Å². The van der Waals surface area contributed by atoms with Crippen LogP contribution in [0.5, 0.6) is 0 Å². The number of rotatable bonds is 9. The molecule has 0 aliphatic carbocycles. The van der Waals surface area contributed by atoms with Gasteiger partial charge in [0, 0.05) is 25.7 Å². The molecule has 0 aromatic heterocycles. The second kappa shape index (κ2) is 8.88. The molecule has 1 unspecified atom stereocenters. The van der Waals surface area contributed by atoms with Crippen molar-refractivity contribution in [2.24, 2.45) is 0 Å². The average molecular weight is 265 g/mol. The molecule has 0 aromatic rings. The van der Waals surface area contributed by atoms with Crippen LogP contribution in [0.2, 0.25) is 0 Å². The molecule has 0 radical (unpaired) electrons. The van der Waals surface area contributed by atoms with Gasteiger partial charge in [-0.05, 0) is 25.9 Å². The van der Waals surface area contributed by atoms with E-state index in [0.717, 1.165) is 32.5 Å². The van der Waals surface area contributed by atoms with Crippen molar-refractivity contribution >= 4 is 5.91 Å². The fraction of sp³-hybridized carbons (Fsp3) is 0.667. The van der Waals surface area contributed by atoms with Crippen LogP contribution in [0.15, 0.2) is 25.3 Å². The minimum atomic E-state index is 0.167. The predicted molar refractivity (Wildman–Crippen MR) is 80.1 cm³/mol. The van der Waals surface area contributed by atoms with Crippen LogP contribution in [-0.4, -0.2) is 61.0 Å². The fourth-order valence-electron chi connectivity index (χ4n) is 2.49. The quantitative estimate of drug-likeness (QED) is 0.638. The summed E-state index contributed by atoms with van der Waals surface area (Å²) in [6, 6.07) is 0.498. The Morgan fingerprint density at radius 1 is 1.37 bits per heavy atom. The topological polar surface area (TPSA) is 35.6 Å². The van der Waals surface area contributed by atoms with Crippen LogP contribution in [0, 0.1) is 0 Å². The average Bonchev–Trinajstić information content (AvgIpc) is 2.91. The van der Waals surface area contributed by atoms with Crippen molar-refractivity contribution in [1.82, 2.24) is 15.1 Å². The molecule has 1 heterocycles. The summed E-state index contributed by atoms with van der Waals surface area (Å²) < 4.78 is 0. The van der Waals surface area contributed by atoms with Crippen LogP contribution < -0.4 is 5.32 Å². The van der Waals surface area contributed by atoms with E-state index in [1.807, 2.05) is 0 Å². The Hall–Kier alpha value is -1.13. The van der Waals surface area contributed by atoms with Crippen molar-refractivity contribution < 1.29 is 4.79 Å². The number of carbonyl (C=O) groups is 1. The largest absolute Gasteiger partial charge is 0.334 e. The third-order valence-electron chi connectivity index (χ3n) is 3.45. The van der Waals surface area contributed by atoms with Crippen LogP contribution in [0.3, 0.4) is 0 Å². The number of carbonyl (C=O) groups excluding carboxylic acids is 1. The van der Waals surface area contributed by atoms with Crippen molar-refractivity contribution in [3.8, 4) is 0 Å². The van der Waals surface area contributed by atoms with Crippen molar-refractivity contribution in [2.45, 2.75) is 25.8 Å². The molecule has 0 aromatic carbocycles. The van der Waals surface area contributed by atoms with Crippen molar-refractivity contribution in [1.29, 1.82) is 0 Å². The first kappa shape index (κ1) is 15.9. The first-order valence-electron chi connectivity index (χ1n) is 7.17. The summed E-state index contributed by atoms with van der Waals surface area (Å²) in [6.07, 6.45) is 5.74. The first-order chi connectivity index (χ1) is 9.22. The van der Waals surface area contributed by atoms with E-state index >= 15 is 0 Å². The lowest BCUT2D eigenvalue weighted by molar-refractivity contribution is -0.131. The molecule has 1 amide bonds. The zero-order valence-electron chi connectivity index (χ0n) is 12.1. The smallest absolute Gasteiger partial charge is 0.237 e. The summed E-state index contributed by atoms with van der Waals surface area (Å²) in [5.41, 5.74) is 0. The zero-order chi connectivity index (χ0) is 14.1. The zero-order valence-corrected chi connectivity index (χ0v) is 12.1.